The van der Waals surface area contributed by atoms with Crippen LogP contribution in [0.5, 0.6) is 11.5 Å². The molecule has 33 heavy (non-hydrogen) atoms. The summed E-state index contributed by atoms with van der Waals surface area (Å²) in [5.74, 6) is 2.44. The number of carbonyl (C=O) groups is 1. The Kier molecular flexibility index (Phi) is 6.09. The molecule has 0 atom stereocenters. The van der Waals surface area contributed by atoms with Crippen molar-refractivity contribution in [1.82, 2.24) is 14.8 Å². The molecular formula is C25H28N4O4. The lowest BCUT2D eigenvalue weighted by atomic mass is 10.1. The van der Waals surface area contributed by atoms with E-state index < -0.39 is 0 Å². The van der Waals surface area contributed by atoms with Crippen LogP contribution < -0.4 is 14.8 Å². The van der Waals surface area contributed by atoms with Crippen molar-refractivity contribution >= 4 is 22.6 Å². The second-order valence-electron chi connectivity index (χ2n) is 8.05. The number of benzene rings is 1. The van der Waals surface area contributed by atoms with Gasteiger partial charge in [0, 0.05) is 23.4 Å². The first kappa shape index (κ1) is 22.4. The summed E-state index contributed by atoms with van der Waals surface area (Å²) in [6.45, 7) is 10.3. The number of hydrogen-bond acceptors (Lipinski definition) is 6. The largest absolute Gasteiger partial charge is 0.493 e. The zero-order valence-corrected chi connectivity index (χ0v) is 19.7. The van der Waals surface area contributed by atoms with Crippen LogP contribution in [0.4, 0.5) is 5.69 Å². The van der Waals surface area contributed by atoms with Gasteiger partial charge in [-0.2, -0.15) is 5.10 Å². The molecular weight excluding hydrogens is 420 g/mol. The van der Waals surface area contributed by atoms with Gasteiger partial charge in [0.15, 0.2) is 17.1 Å². The Labute approximate surface area is 192 Å². The topological polar surface area (TPSA) is 91.4 Å². The number of ether oxygens (including phenoxy) is 2. The number of rotatable bonds is 7. The lowest BCUT2D eigenvalue weighted by Gasteiger charge is -2.13. The minimum atomic E-state index is -0.268. The van der Waals surface area contributed by atoms with Gasteiger partial charge in [-0.15, -0.1) is 0 Å². The second-order valence-corrected chi connectivity index (χ2v) is 8.05. The Morgan fingerprint density at radius 3 is 2.61 bits per heavy atom. The molecule has 3 heterocycles. The minimum absolute atomic E-state index is 0.0868. The van der Waals surface area contributed by atoms with E-state index in [9.17, 15) is 4.79 Å². The molecule has 0 saturated carbocycles. The van der Waals surface area contributed by atoms with Gasteiger partial charge in [0.05, 0.1) is 36.6 Å². The van der Waals surface area contributed by atoms with E-state index in [2.05, 4.69) is 10.4 Å². The number of aryl methyl sites for hydroxylation is 2. The zero-order valence-electron chi connectivity index (χ0n) is 19.7. The summed E-state index contributed by atoms with van der Waals surface area (Å²) < 4.78 is 18.5. The normalized spacial score (nSPS) is 11.2. The maximum Gasteiger partial charge on any atom is 0.256 e. The number of aromatic nitrogens is 3. The first-order valence-electron chi connectivity index (χ1n) is 10.9. The molecule has 8 nitrogen and oxygen atoms in total. The molecule has 4 rings (SSSR count). The smallest absolute Gasteiger partial charge is 0.256 e. The summed E-state index contributed by atoms with van der Waals surface area (Å²) in [5.41, 5.74) is 3.23. The third-order valence-electron chi connectivity index (χ3n) is 5.34. The molecule has 0 aliphatic carbocycles. The molecule has 0 aliphatic heterocycles. The van der Waals surface area contributed by atoms with Gasteiger partial charge in [-0.05, 0) is 58.9 Å². The number of methoxy groups -OCH3 is 1. The average molecular weight is 449 g/mol. The van der Waals surface area contributed by atoms with Gasteiger partial charge in [-0.25, -0.2) is 9.67 Å². The van der Waals surface area contributed by atoms with Crippen molar-refractivity contribution in [3.8, 4) is 22.8 Å². The monoisotopic (exact) mass is 448 g/mol. The van der Waals surface area contributed by atoms with Gasteiger partial charge >= 0.3 is 0 Å². The Hall–Kier alpha value is -3.81. The molecule has 1 aromatic carbocycles. The Balaban J connectivity index is 1.79. The molecule has 0 saturated heterocycles. The van der Waals surface area contributed by atoms with Crippen LogP contribution in [0.3, 0.4) is 0 Å². The Bertz CT molecular complexity index is 1320. The molecule has 0 bridgehead atoms. The molecule has 8 heteroatoms. The highest BCUT2D eigenvalue weighted by Gasteiger charge is 2.21. The van der Waals surface area contributed by atoms with E-state index in [1.54, 1.807) is 37.6 Å². The molecule has 3 aromatic heterocycles. The summed E-state index contributed by atoms with van der Waals surface area (Å²) in [7, 11) is 1.57. The van der Waals surface area contributed by atoms with Crippen LogP contribution in [0.1, 0.15) is 48.7 Å². The third-order valence-corrected chi connectivity index (χ3v) is 5.34. The number of anilines is 1. The van der Waals surface area contributed by atoms with Crippen LogP contribution in [0, 0.1) is 13.8 Å². The van der Waals surface area contributed by atoms with Gasteiger partial charge in [0.1, 0.15) is 11.5 Å². The molecule has 0 spiro atoms. The fourth-order valence-corrected chi connectivity index (χ4v) is 3.83. The van der Waals surface area contributed by atoms with Gasteiger partial charge in [-0.1, -0.05) is 0 Å². The van der Waals surface area contributed by atoms with E-state index in [1.165, 1.54) is 0 Å². The predicted octanol–water partition coefficient (Wildman–Crippen LogP) is 5.55. The lowest BCUT2D eigenvalue weighted by molar-refractivity contribution is 0.102. The molecule has 1 N–H and O–H groups in total. The van der Waals surface area contributed by atoms with Crippen molar-refractivity contribution < 1.29 is 18.7 Å². The second kappa shape index (κ2) is 8.97. The van der Waals surface area contributed by atoms with Gasteiger partial charge in [0.25, 0.3) is 5.91 Å². The van der Waals surface area contributed by atoms with Crippen molar-refractivity contribution in [2.45, 2.75) is 40.7 Å². The number of nitrogens with zero attached hydrogens (tertiary/aromatic N) is 3. The Morgan fingerprint density at radius 1 is 1.18 bits per heavy atom. The van der Waals surface area contributed by atoms with Crippen molar-refractivity contribution in [1.29, 1.82) is 0 Å². The molecule has 1 amide bonds. The maximum atomic E-state index is 13.4. The summed E-state index contributed by atoms with van der Waals surface area (Å²) in [5, 5.41) is 8.13. The minimum Gasteiger partial charge on any atom is -0.493 e. The standard InChI is InChI=1S/C25H28N4O4/c1-7-32-22-9-8-17(11-23(22)31-6)27-25(30)19-12-21(18-10-15(4)33-16(18)5)28-24-20(19)13-26-29(24)14(2)3/h8-14H,7H2,1-6H3,(H,27,30). The summed E-state index contributed by atoms with van der Waals surface area (Å²) >= 11 is 0. The SMILES string of the molecule is CCOc1ccc(NC(=O)c2cc(-c3cc(C)oc3C)nc3c2cnn3C(C)C)cc1OC. The lowest BCUT2D eigenvalue weighted by Crippen LogP contribution is -2.13. The van der Waals surface area contributed by atoms with Crippen LogP contribution in [0.2, 0.25) is 0 Å². The fourth-order valence-electron chi connectivity index (χ4n) is 3.83. The van der Waals surface area contributed by atoms with Gasteiger partial charge in [-0.3, -0.25) is 4.79 Å². The third kappa shape index (κ3) is 4.28. The Morgan fingerprint density at radius 2 is 1.97 bits per heavy atom. The van der Waals surface area contributed by atoms with Crippen LogP contribution in [-0.4, -0.2) is 34.4 Å². The van der Waals surface area contributed by atoms with E-state index in [-0.39, 0.29) is 11.9 Å². The summed E-state index contributed by atoms with van der Waals surface area (Å²) in [6, 6.07) is 9.10. The zero-order chi connectivity index (χ0) is 23.7. The maximum absolute atomic E-state index is 13.4. The number of furan rings is 1. The number of hydrogen-bond donors (Lipinski definition) is 1. The van der Waals surface area contributed by atoms with Crippen molar-refractivity contribution in [2.75, 3.05) is 19.0 Å². The summed E-state index contributed by atoms with van der Waals surface area (Å²) in [6.07, 6.45) is 1.69. The van der Waals surface area contributed by atoms with Gasteiger partial charge in [0.2, 0.25) is 0 Å². The highest BCUT2D eigenvalue weighted by Crippen LogP contribution is 2.32. The summed E-state index contributed by atoms with van der Waals surface area (Å²) in [4.78, 5) is 18.3. The molecule has 0 radical (unpaired) electrons. The predicted molar refractivity (Wildman–Crippen MR) is 127 cm³/mol. The average Bonchev–Trinajstić information content (AvgIpc) is 3.36. The van der Waals surface area contributed by atoms with Crippen LogP contribution in [0.15, 0.2) is 40.9 Å². The molecule has 0 fully saturated rings. The van der Waals surface area contributed by atoms with Crippen molar-refractivity contribution in [3.63, 3.8) is 0 Å². The molecule has 172 valence electrons. The fraction of sp³-hybridized carbons (Fsp3) is 0.320. The first-order chi connectivity index (χ1) is 15.8. The molecule has 0 unspecified atom stereocenters. The van der Waals surface area contributed by atoms with Crippen molar-refractivity contribution in [3.05, 3.63) is 53.6 Å². The molecule has 0 aliphatic rings. The number of pyridine rings is 1. The van der Waals surface area contributed by atoms with Crippen LogP contribution in [0.25, 0.3) is 22.3 Å². The quantitative estimate of drug-likeness (QED) is 0.399. The van der Waals surface area contributed by atoms with Crippen LogP contribution >= 0.6 is 0 Å². The number of amides is 1. The first-order valence-corrected chi connectivity index (χ1v) is 10.9. The molecule has 4 aromatic rings. The van der Waals surface area contributed by atoms with E-state index in [4.69, 9.17) is 18.9 Å². The number of nitrogens with one attached hydrogen (secondary N) is 1. The highest BCUT2D eigenvalue weighted by molar-refractivity contribution is 6.12. The van der Waals surface area contributed by atoms with Crippen molar-refractivity contribution in [2.24, 2.45) is 0 Å². The van der Waals surface area contributed by atoms with E-state index in [0.717, 1.165) is 17.1 Å². The van der Waals surface area contributed by atoms with Crippen LogP contribution in [-0.2, 0) is 0 Å². The highest BCUT2D eigenvalue weighted by atomic mass is 16.5. The number of carbonyl (C=O) groups excluding carboxylic acids is 1. The van der Waals surface area contributed by atoms with E-state index in [0.29, 0.717) is 46.1 Å². The number of fused-ring (bicyclic) bond motifs is 1. The van der Waals surface area contributed by atoms with Gasteiger partial charge < -0.3 is 19.2 Å². The van der Waals surface area contributed by atoms with E-state index >= 15 is 0 Å². The van der Waals surface area contributed by atoms with E-state index in [1.807, 2.05) is 45.4 Å².